The Morgan fingerprint density at radius 3 is 2.41 bits per heavy atom. The van der Waals surface area contributed by atoms with Crippen LogP contribution >= 0.6 is 11.8 Å². The van der Waals surface area contributed by atoms with E-state index in [1.54, 1.807) is 13.2 Å². The number of aromatic nitrogens is 3. The quantitative estimate of drug-likeness (QED) is 0.915. The second-order valence-electron chi connectivity index (χ2n) is 4.94. The lowest BCUT2D eigenvalue weighted by molar-refractivity contribution is -0.141. The van der Waals surface area contributed by atoms with Crippen LogP contribution in [0.15, 0.2) is 36.9 Å². The molecule has 0 aliphatic heterocycles. The van der Waals surface area contributed by atoms with Crippen molar-refractivity contribution in [3.05, 3.63) is 48.0 Å². The fourth-order valence-electron chi connectivity index (χ4n) is 2.30. The Morgan fingerprint density at radius 2 is 1.91 bits per heavy atom. The molecule has 8 heteroatoms. The fourth-order valence-corrected chi connectivity index (χ4v) is 2.89. The summed E-state index contributed by atoms with van der Waals surface area (Å²) in [5.41, 5.74) is -2.71. The smallest absolute Gasteiger partial charge is 0.382 e. The summed E-state index contributed by atoms with van der Waals surface area (Å²) in [6.45, 7) is 1.58. The van der Waals surface area contributed by atoms with Crippen LogP contribution in [0.25, 0.3) is 0 Å². The predicted molar refractivity (Wildman–Crippen MR) is 78.3 cm³/mol. The molecule has 0 bridgehead atoms. The molecule has 0 aliphatic rings. The van der Waals surface area contributed by atoms with Gasteiger partial charge in [0.1, 0.15) is 18.3 Å². The number of alkyl halides is 3. The van der Waals surface area contributed by atoms with Crippen LogP contribution in [0.2, 0.25) is 0 Å². The predicted octanol–water partition coefficient (Wildman–Crippen LogP) is 2.94. The molecule has 0 amide bonds. The lowest BCUT2D eigenvalue weighted by Crippen LogP contribution is -2.41. The van der Waals surface area contributed by atoms with Crippen LogP contribution in [0.1, 0.15) is 18.1 Å². The van der Waals surface area contributed by atoms with Crippen LogP contribution in [0, 0.1) is 0 Å². The maximum absolute atomic E-state index is 13.3. The molecule has 4 nitrogen and oxygen atoms in total. The summed E-state index contributed by atoms with van der Waals surface area (Å²) < 4.78 is 41.1. The highest BCUT2D eigenvalue weighted by Gasteiger charge is 2.44. The van der Waals surface area contributed by atoms with Gasteiger partial charge in [-0.1, -0.05) is 25.1 Å². The molecule has 22 heavy (non-hydrogen) atoms. The summed E-state index contributed by atoms with van der Waals surface area (Å²) in [6, 6.07) is 5.09. The molecular formula is C14H16F3N3OS. The topological polar surface area (TPSA) is 50.9 Å². The third-order valence-corrected chi connectivity index (χ3v) is 4.69. The molecule has 0 saturated carbocycles. The Labute approximate surface area is 130 Å². The molecule has 1 N–H and O–H groups in total. The van der Waals surface area contributed by atoms with E-state index >= 15 is 0 Å². The molecule has 2 unspecified atom stereocenters. The molecule has 2 aromatic rings. The van der Waals surface area contributed by atoms with Crippen molar-refractivity contribution in [3.63, 3.8) is 0 Å². The number of hydrogen-bond acceptors (Lipinski definition) is 4. The van der Waals surface area contributed by atoms with E-state index in [9.17, 15) is 18.3 Å². The highest BCUT2D eigenvalue weighted by molar-refractivity contribution is 7.99. The summed E-state index contributed by atoms with van der Waals surface area (Å²) >= 11 is 1.29. The van der Waals surface area contributed by atoms with Crippen LogP contribution in [-0.2, 0) is 18.3 Å². The normalized spacial score (nSPS) is 16.3. The molecule has 0 fully saturated rings. The van der Waals surface area contributed by atoms with E-state index in [2.05, 4.69) is 10.1 Å². The highest BCUT2D eigenvalue weighted by Crippen LogP contribution is 2.41. The van der Waals surface area contributed by atoms with Crippen LogP contribution in [0.5, 0.6) is 0 Å². The van der Waals surface area contributed by atoms with Crippen LogP contribution < -0.4 is 0 Å². The molecule has 1 aromatic carbocycles. The first-order valence-electron chi connectivity index (χ1n) is 6.53. The monoisotopic (exact) mass is 331 g/mol. The van der Waals surface area contributed by atoms with E-state index in [-0.39, 0.29) is 12.1 Å². The molecule has 1 aromatic heterocycles. The lowest BCUT2D eigenvalue weighted by Gasteiger charge is -2.35. The van der Waals surface area contributed by atoms with Crippen LogP contribution in [0.3, 0.4) is 0 Å². The van der Waals surface area contributed by atoms with Gasteiger partial charge in [0.2, 0.25) is 0 Å². The van der Waals surface area contributed by atoms with Gasteiger partial charge in [-0.05, 0) is 17.9 Å². The van der Waals surface area contributed by atoms with Crippen LogP contribution in [0.4, 0.5) is 13.2 Å². The SMILES string of the molecule is CSC(C)C(O)(Cn1cncn1)c1ccccc1C(F)(F)F. The van der Waals surface area contributed by atoms with Gasteiger partial charge in [0.15, 0.2) is 0 Å². The zero-order valence-electron chi connectivity index (χ0n) is 12.1. The van der Waals surface area contributed by atoms with E-state index in [4.69, 9.17) is 0 Å². The van der Waals surface area contributed by atoms with Crippen molar-refractivity contribution in [2.24, 2.45) is 0 Å². The molecule has 0 spiro atoms. The minimum Gasteiger partial charge on any atom is -0.382 e. The van der Waals surface area contributed by atoms with Gasteiger partial charge in [0.05, 0.1) is 12.1 Å². The first kappa shape index (κ1) is 16.8. The summed E-state index contributed by atoms with van der Waals surface area (Å²) in [4.78, 5) is 3.77. The number of rotatable bonds is 5. The van der Waals surface area contributed by atoms with Gasteiger partial charge in [-0.3, -0.25) is 0 Å². The van der Waals surface area contributed by atoms with Crippen molar-refractivity contribution in [3.8, 4) is 0 Å². The molecule has 120 valence electrons. The van der Waals surface area contributed by atoms with E-state index in [0.29, 0.717) is 0 Å². The fraction of sp³-hybridized carbons (Fsp3) is 0.429. The van der Waals surface area contributed by atoms with Gasteiger partial charge in [-0.25, -0.2) is 9.67 Å². The molecule has 2 rings (SSSR count). The molecular weight excluding hydrogens is 315 g/mol. The Kier molecular flexibility index (Phi) is 4.81. The largest absolute Gasteiger partial charge is 0.416 e. The molecule has 0 aliphatic carbocycles. The van der Waals surface area contributed by atoms with Crippen LogP contribution in [-0.4, -0.2) is 31.4 Å². The van der Waals surface area contributed by atoms with Gasteiger partial charge >= 0.3 is 6.18 Å². The van der Waals surface area contributed by atoms with Gasteiger partial charge in [-0.2, -0.15) is 30.0 Å². The van der Waals surface area contributed by atoms with Gasteiger partial charge in [0, 0.05) is 5.25 Å². The molecule has 0 radical (unpaired) electrons. The standard InChI is InChI=1S/C14H16F3N3OS/c1-10(22-2)13(21,7-20-9-18-8-19-20)11-5-3-4-6-12(11)14(15,16)17/h3-6,8-10,21H,7H2,1-2H3. The first-order valence-corrected chi connectivity index (χ1v) is 7.82. The molecule has 0 saturated heterocycles. The second kappa shape index (κ2) is 6.29. The Morgan fingerprint density at radius 1 is 1.27 bits per heavy atom. The van der Waals surface area contributed by atoms with E-state index < -0.39 is 22.6 Å². The zero-order chi connectivity index (χ0) is 16.4. The number of benzene rings is 1. The number of halogens is 3. The van der Waals surface area contributed by atoms with Crippen molar-refractivity contribution in [2.45, 2.75) is 30.5 Å². The first-order chi connectivity index (χ1) is 10.3. The summed E-state index contributed by atoms with van der Waals surface area (Å²) in [7, 11) is 0. The van der Waals surface area contributed by atoms with Gasteiger partial charge in [0.25, 0.3) is 0 Å². The lowest BCUT2D eigenvalue weighted by atomic mass is 9.86. The Hall–Kier alpha value is -1.54. The molecule has 2 atom stereocenters. The zero-order valence-corrected chi connectivity index (χ0v) is 12.9. The second-order valence-corrected chi connectivity index (χ2v) is 6.12. The van der Waals surface area contributed by atoms with Crippen molar-refractivity contribution in [1.82, 2.24) is 14.8 Å². The summed E-state index contributed by atoms with van der Waals surface area (Å²) in [6.07, 6.45) is -0.147. The summed E-state index contributed by atoms with van der Waals surface area (Å²) in [5, 5.41) is 14.5. The number of thioether (sulfide) groups is 1. The maximum Gasteiger partial charge on any atom is 0.416 e. The number of nitrogens with zero attached hydrogens (tertiary/aromatic N) is 3. The Bertz CT molecular complexity index is 618. The van der Waals surface area contributed by atoms with Gasteiger partial charge in [-0.15, -0.1) is 0 Å². The van der Waals surface area contributed by atoms with Gasteiger partial charge < -0.3 is 5.11 Å². The average Bonchev–Trinajstić information content (AvgIpc) is 2.98. The van der Waals surface area contributed by atoms with E-state index in [1.165, 1.54) is 47.3 Å². The van der Waals surface area contributed by atoms with E-state index in [0.717, 1.165) is 6.07 Å². The minimum atomic E-state index is -4.54. The summed E-state index contributed by atoms with van der Waals surface area (Å²) in [5.74, 6) is 0. The minimum absolute atomic E-state index is 0.109. The van der Waals surface area contributed by atoms with E-state index in [1.807, 2.05) is 0 Å². The average molecular weight is 331 g/mol. The third-order valence-electron chi connectivity index (χ3n) is 3.59. The number of hydrogen-bond donors (Lipinski definition) is 1. The number of aliphatic hydroxyl groups is 1. The highest BCUT2D eigenvalue weighted by atomic mass is 32.2. The van der Waals surface area contributed by atoms with Crippen molar-refractivity contribution in [2.75, 3.05) is 6.26 Å². The maximum atomic E-state index is 13.3. The van der Waals surface area contributed by atoms with Crippen molar-refractivity contribution < 1.29 is 18.3 Å². The third kappa shape index (κ3) is 3.27. The van der Waals surface area contributed by atoms with Crippen molar-refractivity contribution >= 4 is 11.8 Å². The van der Waals surface area contributed by atoms with Crippen molar-refractivity contribution in [1.29, 1.82) is 0 Å². The molecule has 1 heterocycles. The Balaban J connectivity index is 2.55.